The van der Waals surface area contributed by atoms with Gasteiger partial charge in [0.15, 0.2) is 5.82 Å². The molecule has 0 bridgehead atoms. The fourth-order valence-electron chi connectivity index (χ4n) is 4.76. The van der Waals surface area contributed by atoms with Crippen LogP contribution < -0.4 is 4.90 Å². The molecule has 170 valence electrons. The normalized spacial score (nSPS) is 15.0. The van der Waals surface area contributed by atoms with Gasteiger partial charge in [0.1, 0.15) is 10.8 Å². The molecule has 0 N–H and O–H groups in total. The maximum Gasteiger partial charge on any atom is 0.159 e. The first kappa shape index (κ1) is 21.8. The molecule has 1 fully saturated rings. The van der Waals surface area contributed by atoms with Gasteiger partial charge in [0.05, 0.1) is 5.69 Å². The van der Waals surface area contributed by atoms with Gasteiger partial charge in [-0.05, 0) is 44.5 Å². The van der Waals surface area contributed by atoms with E-state index in [1.807, 2.05) is 30.8 Å². The van der Waals surface area contributed by atoms with Crippen molar-refractivity contribution in [2.24, 2.45) is 7.05 Å². The molecule has 3 aromatic heterocycles. The second-order valence-corrected chi connectivity index (χ2v) is 9.16. The van der Waals surface area contributed by atoms with E-state index >= 15 is 0 Å². The van der Waals surface area contributed by atoms with Gasteiger partial charge >= 0.3 is 0 Å². The van der Waals surface area contributed by atoms with E-state index in [-0.39, 0.29) is 0 Å². The van der Waals surface area contributed by atoms with Gasteiger partial charge in [0.25, 0.3) is 0 Å². The Morgan fingerprint density at radius 1 is 1.03 bits per heavy atom. The fourth-order valence-corrected chi connectivity index (χ4v) is 4.95. The monoisotopic (exact) mass is 461 g/mol. The Bertz CT molecular complexity index is 1280. The summed E-state index contributed by atoms with van der Waals surface area (Å²) in [5.41, 5.74) is 4.07. The standard InChI is InChI=1S/C25H28ClN7/c1-17-18(8-9-23(26)28-17)16-31(2)19-11-14-33(15-12-19)25-21-7-5-4-6-20(21)24(29-30-25)22-10-13-27-32(22)3/h4-10,13,19H,11-12,14-16H2,1-3H3. The lowest BCUT2D eigenvalue weighted by Crippen LogP contribution is -2.43. The molecule has 1 aliphatic heterocycles. The molecule has 33 heavy (non-hydrogen) atoms. The lowest BCUT2D eigenvalue weighted by molar-refractivity contribution is 0.199. The molecule has 1 aliphatic rings. The zero-order valence-electron chi connectivity index (χ0n) is 19.2. The Balaban J connectivity index is 1.33. The number of aryl methyl sites for hydroxylation is 2. The maximum atomic E-state index is 6.02. The maximum absolute atomic E-state index is 6.02. The van der Waals surface area contributed by atoms with Gasteiger partial charge in [-0.2, -0.15) is 5.10 Å². The molecule has 0 radical (unpaired) electrons. The van der Waals surface area contributed by atoms with Crippen LogP contribution in [0.4, 0.5) is 5.82 Å². The molecule has 0 aliphatic carbocycles. The summed E-state index contributed by atoms with van der Waals surface area (Å²) >= 11 is 6.02. The van der Waals surface area contributed by atoms with E-state index in [1.165, 1.54) is 5.56 Å². The van der Waals surface area contributed by atoms with Crippen molar-refractivity contribution in [3.05, 3.63) is 65.1 Å². The predicted octanol–water partition coefficient (Wildman–Crippen LogP) is 4.49. The minimum atomic E-state index is 0.518. The summed E-state index contributed by atoms with van der Waals surface area (Å²) in [5, 5.41) is 16.4. The van der Waals surface area contributed by atoms with Crippen LogP contribution in [0.1, 0.15) is 24.1 Å². The van der Waals surface area contributed by atoms with Crippen LogP contribution in [-0.4, -0.2) is 56.0 Å². The SMILES string of the molecule is Cc1nc(Cl)ccc1CN(C)C1CCN(c2nnc(-c3ccnn3C)c3ccccc23)CC1. The van der Waals surface area contributed by atoms with Crippen LogP contribution in [0.15, 0.2) is 48.7 Å². The summed E-state index contributed by atoms with van der Waals surface area (Å²) in [5.74, 6) is 0.968. The van der Waals surface area contributed by atoms with Crippen molar-refractivity contribution in [2.45, 2.75) is 32.4 Å². The molecule has 0 unspecified atom stereocenters. The Kier molecular flexibility index (Phi) is 6.00. The highest BCUT2D eigenvalue weighted by atomic mass is 35.5. The number of pyridine rings is 1. The number of aromatic nitrogens is 5. The summed E-state index contributed by atoms with van der Waals surface area (Å²) in [4.78, 5) is 9.21. The average Bonchev–Trinajstić information content (AvgIpc) is 3.26. The van der Waals surface area contributed by atoms with E-state index in [0.29, 0.717) is 11.2 Å². The van der Waals surface area contributed by atoms with Gasteiger partial charge < -0.3 is 4.90 Å². The molecule has 7 nitrogen and oxygen atoms in total. The molecular weight excluding hydrogens is 434 g/mol. The lowest BCUT2D eigenvalue weighted by Gasteiger charge is -2.37. The van der Waals surface area contributed by atoms with Crippen LogP contribution in [0.2, 0.25) is 5.15 Å². The highest BCUT2D eigenvalue weighted by Crippen LogP contribution is 2.32. The second-order valence-electron chi connectivity index (χ2n) is 8.77. The number of fused-ring (bicyclic) bond motifs is 1. The van der Waals surface area contributed by atoms with E-state index in [0.717, 1.165) is 66.1 Å². The molecule has 4 aromatic rings. The summed E-state index contributed by atoms with van der Waals surface area (Å²) in [6, 6.07) is 14.9. The van der Waals surface area contributed by atoms with Crippen molar-refractivity contribution < 1.29 is 0 Å². The van der Waals surface area contributed by atoms with Crippen LogP contribution in [0.5, 0.6) is 0 Å². The van der Waals surface area contributed by atoms with Gasteiger partial charge in [-0.1, -0.05) is 41.9 Å². The topological polar surface area (TPSA) is 63.0 Å². The molecule has 0 saturated carbocycles. The largest absolute Gasteiger partial charge is 0.354 e. The first-order valence-electron chi connectivity index (χ1n) is 11.3. The van der Waals surface area contributed by atoms with Crippen LogP contribution >= 0.6 is 11.6 Å². The fraction of sp³-hybridized carbons (Fsp3) is 0.360. The van der Waals surface area contributed by atoms with Crippen molar-refractivity contribution >= 4 is 28.2 Å². The number of hydrogen-bond acceptors (Lipinski definition) is 6. The van der Waals surface area contributed by atoms with Gasteiger partial charge in [-0.25, -0.2) is 4.98 Å². The summed E-state index contributed by atoms with van der Waals surface area (Å²) < 4.78 is 1.84. The summed E-state index contributed by atoms with van der Waals surface area (Å²) in [6.45, 7) is 4.81. The van der Waals surface area contributed by atoms with Gasteiger partial charge in [-0.15, -0.1) is 10.2 Å². The molecule has 0 spiro atoms. The Morgan fingerprint density at radius 3 is 2.48 bits per heavy atom. The molecule has 8 heteroatoms. The Hall–Kier alpha value is -3.03. The molecule has 0 amide bonds. The first-order valence-corrected chi connectivity index (χ1v) is 11.7. The molecule has 4 heterocycles. The van der Waals surface area contributed by atoms with Crippen molar-refractivity contribution in [1.29, 1.82) is 0 Å². The van der Waals surface area contributed by atoms with E-state index in [1.54, 1.807) is 6.20 Å². The predicted molar refractivity (Wildman–Crippen MR) is 132 cm³/mol. The second kappa shape index (κ2) is 9.08. The van der Waals surface area contributed by atoms with Crippen LogP contribution in [0.25, 0.3) is 22.2 Å². The first-order chi connectivity index (χ1) is 16.0. The summed E-state index contributed by atoms with van der Waals surface area (Å²) in [6.07, 6.45) is 3.95. The highest BCUT2D eigenvalue weighted by molar-refractivity contribution is 6.29. The zero-order valence-corrected chi connectivity index (χ0v) is 20.0. The van der Waals surface area contributed by atoms with Crippen molar-refractivity contribution in [2.75, 3.05) is 25.0 Å². The van der Waals surface area contributed by atoms with E-state index in [2.05, 4.69) is 67.5 Å². The third-order valence-electron chi connectivity index (χ3n) is 6.70. The number of rotatable bonds is 5. The Labute approximate surface area is 199 Å². The molecule has 5 rings (SSSR count). The smallest absolute Gasteiger partial charge is 0.159 e. The van der Waals surface area contributed by atoms with Gasteiger partial charge in [0, 0.05) is 55.4 Å². The quantitative estimate of drug-likeness (QED) is 0.408. The number of hydrogen-bond donors (Lipinski definition) is 0. The van der Waals surface area contributed by atoms with E-state index < -0.39 is 0 Å². The van der Waals surface area contributed by atoms with Crippen molar-refractivity contribution in [3.8, 4) is 11.4 Å². The number of halogens is 1. The van der Waals surface area contributed by atoms with Gasteiger partial charge in [-0.3, -0.25) is 9.58 Å². The average molecular weight is 462 g/mol. The van der Waals surface area contributed by atoms with Crippen LogP contribution in [0, 0.1) is 6.92 Å². The third-order valence-corrected chi connectivity index (χ3v) is 6.91. The van der Waals surface area contributed by atoms with Crippen molar-refractivity contribution in [1.82, 2.24) is 29.9 Å². The molecule has 1 saturated heterocycles. The number of nitrogens with zero attached hydrogens (tertiary/aromatic N) is 7. The minimum absolute atomic E-state index is 0.518. The molecule has 0 atom stereocenters. The van der Waals surface area contributed by atoms with Crippen LogP contribution in [-0.2, 0) is 13.6 Å². The Morgan fingerprint density at radius 2 is 1.79 bits per heavy atom. The number of piperidine rings is 1. The van der Waals surface area contributed by atoms with Crippen LogP contribution in [0.3, 0.4) is 0 Å². The lowest BCUT2D eigenvalue weighted by atomic mass is 10.0. The summed E-state index contributed by atoms with van der Waals surface area (Å²) in [7, 11) is 4.13. The zero-order chi connectivity index (χ0) is 22.9. The van der Waals surface area contributed by atoms with E-state index in [9.17, 15) is 0 Å². The number of anilines is 1. The minimum Gasteiger partial charge on any atom is -0.354 e. The molecular formula is C25H28ClN7. The number of benzene rings is 1. The van der Waals surface area contributed by atoms with E-state index in [4.69, 9.17) is 11.6 Å². The molecule has 1 aromatic carbocycles. The van der Waals surface area contributed by atoms with Gasteiger partial charge in [0.2, 0.25) is 0 Å². The van der Waals surface area contributed by atoms with Crippen molar-refractivity contribution in [3.63, 3.8) is 0 Å². The third kappa shape index (κ3) is 4.30. The highest BCUT2D eigenvalue weighted by Gasteiger charge is 2.25.